The number of hydrogen-bond donors (Lipinski definition) is 1. The maximum absolute atomic E-state index is 12.1. The van der Waals surface area contributed by atoms with Crippen molar-refractivity contribution in [3.63, 3.8) is 0 Å². The fourth-order valence-corrected chi connectivity index (χ4v) is 0.706. The number of halogens is 2. The van der Waals surface area contributed by atoms with Gasteiger partial charge in [-0.15, -0.1) is 0 Å². The number of esters is 1. The van der Waals surface area contributed by atoms with Gasteiger partial charge in [-0.25, -0.2) is 13.6 Å². The summed E-state index contributed by atoms with van der Waals surface area (Å²) in [5, 5.41) is 2.38. The van der Waals surface area contributed by atoms with E-state index in [1.807, 2.05) is 0 Å². The summed E-state index contributed by atoms with van der Waals surface area (Å²) in [6.45, 7) is 3.80. The topological polar surface area (TPSA) is 38.3 Å². The zero-order valence-electron chi connectivity index (χ0n) is 7.64. The lowest BCUT2D eigenvalue weighted by Crippen LogP contribution is -2.20. The summed E-state index contributed by atoms with van der Waals surface area (Å²) >= 11 is 0. The summed E-state index contributed by atoms with van der Waals surface area (Å²) in [4.78, 5) is 10.8. The van der Waals surface area contributed by atoms with E-state index in [-0.39, 0.29) is 6.61 Å². The van der Waals surface area contributed by atoms with Crippen molar-refractivity contribution in [2.75, 3.05) is 13.2 Å². The lowest BCUT2D eigenvalue weighted by Gasteiger charge is -2.06. The molecular formula is C8H13F2NO2. The highest BCUT2D eigenvalue weighted by Gasteiger charge is 2.11. The molecule has 13 heavy (non-hydrogen) atoms. The third kappa shape index (κ3) is 5.16. The molecule has 0 aliphatic carbocycles. The van der Waals surface area contributed by atoms with E-state index in [9.17, 15) is 13.6 Å². The van der Waals surface area contributed by atoms with Crippen molar-refractivity contribution in [3.05, 3.63) is 11.8 Å². The molecule has 0 saturated carbocycles. The van der Waals surface area contributed by atoms with Crippen LogP contribution in [0.2, 0.25) is 0 Å². The van der Waals surface area contributed by atoms with Gasteiger partial charge in [-0.05, 0) is 13.8 Å². The molecule has 1 N–H and O–H groups in total. The zero-order valence-corrected chi connectivity index (χ0v) is 7.64. The Bertz CT molecular complexity index is 193. The van der Waals surface area contributed by atoms with Gasteiger partial charge in [0.25, 0.3) is 6.43 Å². The summed E-state index contributed by atoms with van der Waals surface area (Å²) in [5.41, 5.74) is -0.402. The van der Waals surface area contributed by atoms with Crippen molar-refractivity contribution in [1.29, 1.82) is 0 Å². The summed E-state index contributed by atoms with van der Waals surface area (Å²) in [5.74, 6) is -0.751. The van der Waals surface area contributed by atoms with Crippen LogP contribution in [0.4, 0.5) is 8.78 Å². The van der Waals surface area contributed by atoms with Gasteiger partial charge in [-0.1, -0.05) is 0 Å². The molecule has 0 aliphatic heterocycles. The Hall–Kier alpha value is -1.13. The first-order valence-corrected chi connectivity index (χ1v) is 4.02. The van der Waals surface area contributed by atoms with Gasteiger partial charge in [0, 0.05) is 12.6 Å². The predicted octanol–water partition coefficient (Wildman–Crippen LogP) is 1.31. The first-order chi connectivity index (χ1) is 6.11. The normalized spacial score (nSPS) is 11.6. The van der Waals surface area contributed by atoms with Crippen molar-refractivity contribution in [1.82, 2.24) is 5.32 Å². The maximum Gasteiger partial charge on any atom is 0.332 e. The van der Waals surface area contributed by atoms with E-state index in [4.69, 9.17) is 0 Å². The van der Waals surface area contributed by atoms with Crippen LogP contribution in [-0.4, -0.2) is 25.5 Å². The Morgan fingerprint density at radius 3 is 2.54 bits per heavy atom. The van der Waals surface area contributed by atoms with Crippen LogP contribution in [0.3, 0.4) is 0 Å². The zero-order chi connectivity index (χ0) is 10.3. The van der Waals surface area contributed by atoms with Gasteiger partial charge in [0.2, 0.25) is 0 Å². The molecule has 0 aromatic rings. The first-order valence-electron chi connectivity index (χ1n) is 4.02. The molecule has 3 nitrogen and oxygen atoms in total. The second-order valence-corrected chi connectivity index (χ2v) is 2.18. The molecule has 0 bridgehead atoms. The molecule has 0 spiro atoms. The van der Waals surface area contributed by atoms with Crippen molar-refractivity contribution in [3.8, 4) is 0 Å². The van der Waals surface area contributed by atoms with Gasteiger partial charge in [0.05, 0.1) is 12.3 Å². The minimum atomic E-state index is -2.68. The summed E-state index contributed by atoms with van der Waals surface area (Å²) < 4.78 is 28.8. The van der Waals surface area contributed by atoms with E-state index >= 15 is 0 Å². The lowest BCUT2D eigenvalue weighted by molar-refractivity contribution is -0.137. The highest BCUT2D eigenvalue weighted by atomic mass is 19.3. The van der Waals surface area contributed by atoms with E-state index in [1.165, 1.54) is 0 Å². The average Bonchev–Trinajstić information content (AvgIpc) is 2.04. The van der Waals surface area contributed by atoms with E-state index in [0.29, 0.717) is 6.54 Å². The molecule has 0 heterocycles. The Morgan fingerprint density at radius 2 is 2.15 bits per heavy atom. The Labute approximate surface area is 75.8 Å². The van der Waals surface area contributed by atoms with Crippen LogP contribution in [-0.2, 0) is 9.53 Å². The molecule has 76 valence electrons. The van der Waals surface area contributed by atoms with E-state index in [0.717, 1.165) is 6.08 Å². The molecule has 0 radical (unpaired) electrons. The second kappa shape index (κ2) is 6.39. The molecule has 0 aliphatic rings. The predicted molar refractivity (Wildman–Crippen MR) is 44.4 cm³/mol. The summed E-state index contributed by atoms with van der Waals surface area (Å²) in [7, 11) is 0. The van der Waals surface area contributed by atoms with E-state index < -0.39 is 18.1 Å². The third-order valence-corrected chi connectivity index (χ3v) is 1.18. The number of alkyl halides is 2. The molecule has 5 heteroatoms. The number of rotatable bonds is 5. The van der Waals surface area contributed by atoms with Crippen LogP contribution in [0.1, 0.15) is 13.8 Å². The molecule has 0 fully saturated rings. The minimum absolute atomic E-state index is 0.179. The van der Waals surface area contributed by atoms with Crippen molar-refractivity contribution in [2.45, 2.75) is 20.3 Å². The van der Waals surface area contributed by atoms with Crippen molar-refractivity contribution >= 4 is 5.97 Å². The van der Waals surface area contributed by atoms with Gasteiger partial charge in [0.1, 0.15) is 0 Å². The summed E-state index contributed by atoms with van der Waals surface area (Å²) in [6, 6.07) is 0. The molecule has 0 amide bonds. The van der Waals surface area contributed by atoms with E-state index in [1.54, 1.807) is 13.8 Å². The van der Waals surface area contributed by atoms with Crippen LogP contribution in [0.5, 0.6) is 0 Å². The van der Waals surface area contributed by atoms with Gasteiger partial charge in [0.15, 0.2) is 0 Å². The quantitative estimate of drug-likeness (QED) is 0.528. The lowest BCUT2D eigenvalue weighted by atomic mass is 10.4. The molecule has 0 aromatic heterocycles. The van der Waals surface area contributed by atoms with Crippen LogP contribution in [0.15, 0.2) is 11.8 Å². The van der Waals surface area contributed by atoms with Gasteiger partial charge >= 0.3 is 5.97 Å². The van der Waals surface area contributed by atoms with Gasteiger partial charge < -0.3 is 10.1 Å². The number of ether oxygens (including phenoxy) is 1. The van der Waals surface area contributed by atoms with Crippen LogP contribution in [0, 0.1) is 0 Å². The summed E-state index contributed by atoms with van der Waals surface area (Å²) in [6.07, 6.45) is -1.90. The van der Waals surface area contributed by atoms with Crippen molar-refractivity contribution in [2.24, 2.45) is 0 Å². The molecule has 0 saturated heterocycles. The average molecular weight is 193 g/mol. The van der Waals surface area contributed by atoms with E-state index in [2.05, 4.69) is 10.1 Å². The number of nitrogens with one attached hydrogen (secondary N) is 1. The van der Waals surface area contributed by atoms with Crippen LogP contribution in [0.25, 0.3) is 0 Å². The molecule has 0 rings (SSSR count). The van der Waals surface area contributed by atoms with Gasteiger partial charge in [-0.3, -0.25) is 0 Å². The fraction of sp³-hybridized carbons (Fsp3) is 0.625. The van der Waals surface area contributed by atoms with Crippen LogP contribution < -0.4 is 5.32 Å². The third-order valence-electron chi connectivity index (χ3n) is 1.18. The number of allylic oxidation sites excluding steroid dienone is 1. The number of hydrogen-bond acceptors (Lipinski definition) is 3. The highest BCUT2D eigenvalue weighted by molar-refractivity contribution is 5.82. The van der Waals surface area contributed by atoms with Crippen molar-refractivity contribution < 1.29 is 18.3 Å². The SMILES string of the molecule is CCNC(=CC(=O)OCC)C(F)F. The Balaban J connectivity index is 4.25. The molecule has 0 aromatic carbocycles. The maximum atomic E-state index is 12.1. The number of carbonyl (C=O) groups excluding carboxylic acids is 1. The fourth-order valence-electron chi connectivity index (χ4n) is 0.706. The minimum Gasteiger partial charge on any atom is -0.463 e. The Kier molecular flexibility index (Phi) is 5.84. The van der Waals surface area contributed by atoms with Crippen LogP contribution >= 0.6 is 0 Å². The van der Waals surface area contributed by atoms with Gasteiger partial charge in [-0.2, -0.15) is 0 Å². The molecule has 0 atom stereocenters. The molecular weight excluding hydrogens is 180 g/mol. The Morgan fingerprint density at radius 1 is 1.54 bits per heavy atom. The monoisotopic (exact) mass is 193 g/mol. The standard InChI is InChI=1S/C8H13F2NO2/c1-3-11-6(8(9)10)5-7(12)13-4-2/h5,8,11H,3-4H2,1-2H3. The smallest absolute Gasteiger partial charge is 0.332 e. The largest absolute Gasteiger partial charge is 0.463 e. The molecule has 0 unspecified atom stereocenters. The highest BCUT2D eigenvalue weighted by Crippen LogP contribution is 2.04. The number of carbonyl (C=O) groups is 1. The second-order valence-electron chi connectivity index (χ2n) is 2.18. The first kappa shape index (κ1) is 11.9.